The molecule has 2 N–H and O–H groups in total. The molecule has 80 valence electrons. The summed E-state index contributed by atoms with van der Waals surface area (Å²) in [6.07, 6.45) is 1.50. The zero-order valence-electron chi connectivity index (χ0n) is 8.33. The first-order valence-corrected chi connectivity index (χ1v) is 6.36. The van der Waals surface area contributed by atoms with Gasteiger partial charge in [-0.05, 0) is 52.4 Å². The third-order valence-corrected chi connectivity index (χ3v) is 4.79. The quantitative estimate of drug-likeness (QED) is 0.774. The lowest BCUT2D eigenvalue weighted by atomic mass is 10.3. The summed E-state index contributed by atoms with van der Waals surface area (Å²) in [5, 5.41) is 0.899. The van der Waals surface area contributed by atoms with Gasteiger partial charge in [0.15, 0.2) is 0 Å². The number of nitrogen functional groups attached to an aromatic ring is 1. The van der Waals surface area contributed by atoms with E-state index in [2.05, 4.69) is 66.9 Å². The van der Waals surface area contributed by atoms with Crippen molar-refractivity contribution in [1.29, 1.82) is 0 Å². The van der Waals surface area contributed by atoms with Gasteiger partial charge in [0.2, 0.25) is 0 Å². The third kappa shape index (κ3) is 1.63. The molecule has 0 aliphatic rings. The van der Waals surface area contributed by atoms with E-state index in [4.69, 9.17) is 5.73 Å². The van der Waals surface area contributed by atoms with Crippen LogP contribution in [-0.2, 0) is 0 Å². The van der Waals surface area contributed by atoms with E-state index in [1.807, 2.05) is 0 Å². The van der Waals surface area contributed by atoms with E-state index in [0.29, 0.717) is 11.9 Å². The molecule has 0 aliphatic heterocycles. The fraction of sp³-hybridized carbons (Fsp3) is 0.333. The van der Waals surface area contributed by atoms with E-state index in [0.717, 1.165) is 19.2 Å². The Hall–Kier alpha value is -0.370. The summed E-state index contributed by atoms with van der Waals surface area (Å²) in [7, 11) is 0. The molecule has 0 bridgehead atoms. The Labute approximate surface area is 110 Å². The Morgan fingerprint density at radius 3 is 2.73 bits per heavy atom. The van der Waals surface area contributed by atoms with Crippen molar-refractivity contribution in [3.63, 3.8) is 0 Å². The van der Waals surface area contributed by atoms with E-state index >= 15 is 0 Å². The topological polar surface area (TPSA) is 56.7 Å². The SMILES string of the molecule is CC(C)n1c(I)c(Br)c2c(N)ncnc21. The summed E-state index contributed by atoms with van der Waals surface area (Å²) in [6.45, 7) is 4.23. The summed E-state index contributed by atoms with van der Waals surface area (Å²) in [5.41, 5.74) is 6.72. The molecule has 6 heteroatoms. The molecule has 0 radical (unpaired) electrons. The lowest BCUT2D eigenvalue weighted by molar-refractivity contribution is 0.604. The molecular weight excluding hydrogens is 371 g/mol. The number of nitrogens with zero attached hydrogens (tertiary/aromatic N) is 3. The maximum absolute atomic E-state index is 5.84. The number of fused-ring (bicyclic) bond motifs is 1. The van der Waals surface area contributed by atoms with Gasteiger partial charge >= 0.3 is 0 Å². The molecule has 0 spiro atoms. The van der Waals surface area contributed by atoms with Crippen LogP contribution in [0.25, 0.3) is 11.0 Å². The lowest BCUT2D eigenvalue weighted by Gasteiger charge is -2.09. The van der Waals surface area contributed by atoms with Gasteiger partial charge in [-0.1, -0.05) is 0 Å². The smallest absolute Gasteiger partial charge is 0.147 e. The summed E-state index contributed by atoms with van der Waals surface area (Å²) in [5.74, 6) is 0.518. The molecule has 15 heavy (non-hydrogen) atoms. The fourth-order valence-electron chi connectivity index (χ4n) is 1.56. The first-order chi connectivity index (χ1) is 7.04. The standard InChI is InChI=1S/C9H10BrIN4/c1-4(2)15-7(11)6(10)5-8(12)13-3-14-9(5)15/h3-4H,1-2H3,(H2,12,13,14). The number of aromatic nitrogens is 3. The molecule has 4 nitrogen and oxygen atoms in total. The van der Waals surface area contributed by atoms with Crippen LogP contribution in [0.15, 0.2) is 10.8 Å². The van der Waals surface area contributed by atoms with Crippen molar-refractivity contribution in [3.8, 4) is 0 Å². The second-order valence-electron chi connectivity index (χ2n) is 3.53. The van der Waals surface area contributed by atoms with E-state index in [-0.39, 0.29) is 0 Å². The third-order valence-electron chi connectivity index (χ3n) is 2.21. The summed E-state index contributed by atoms with van der Waals surface area (Å²) in [4.78, 5) is 8.28. The second kappa shape index (κ2) is 3.89. The molecule has 0 amide bonds. The van der Waals surface area contributed by atoms with Crippen LogP contribution in [0, 0.1) is 3.70 Å². The Bertz CT molecular complexity index is 520. The maximum Gasteiger partial charge on any atom is 0.147 e. The van der Waals surface area contributed by atoms with E-state index in [1.165, 1.54) is 6.33 Å². The van der Waals surface area contributed by atoms with E-state index in [1.54, 1.807) is 0 Å². The molecule has 0 aromatic carbocycles. The van der Waals surface area contributed by atoms with Crippen molar-refractivity contribution in [3.05, 3.63) is 14.5 Å². The molecule has 2 rings (SSSR count). The van der Waals surface area contributed by atoms with E-state index < -0.39 is 0 Å². The Kier molecular flexibility index (Phi) is 2.89. The van der Waals surface area contributed by atoms with Gasteiger partial charge < -0.3 is 10.3 Å². The van der Waals surface area contributed by atoms with Crippen molar-refractivity contribution in [2.45, 2.75) is 19.9 Å². The highest BCUT2D eigenvalue weighted by molar-refractivity contribution is 14.1. The summed E-state index contributed by atoms with van der Waals surface area (Å²) >= 11 is 5.82. The fourth-order valence-corrected chi connectivity index (χ4v) is 3.18. The number of hydrogen-bond acceptors (Lipinski definition) is 3. The minimum atomic E-state index is 0.347. The zero-order valence-corrected chi connectivity index (χ0v) is 12.1. The maximum atomic E-state index is 5.84. The monoisotopic (exact) mass is 380 g/mol. The number of nitrogens with two attached hydrogens (primary N) is 1. The molecular formula is C9H10BrIN4. The average Bonchev–Trinajstić information content (AvgIpc) is 2.41. The van der Waals surface area contributed by atoms with Gasteiger partial charge in [0.05, 0.1) is 13.6 Å². The highest BCUT2D eigenvalue weighted by Crippen LogP contribution is 2.35. The van der Waals surface area contributed by atoms with Crippen LogP contribution in [0.5, 0.6) is 0 Å². The van der Waals surface area contributed by atoms with Crippen LogP contribution in [0.1, 0.15) is 19.9 Å². The van der Waals surface area contributed by atoms with Gasteiger partial charge in [0, 0.05) is 6.04 Å². The second-order valence-corrected chi connectivity index (χ2v) is 5.34. The molecule has 0 aliphatic carbocycles. The Balaban J connectivity index is 2.94. The Morgan fingerprint density at radius 1 is 1.47 bits per heavy atom. The number of halogens is 2. The minimum absolute atomic E-state index is 0.347. The zero-order chi connectivity index (χ0) is 11.2. The predicted molar refractivity (Wildman–Crippen MR) is 72.7 cm³/mol. The van der Waals surface area contributed by atoms with Crippen LogP contribution in [-0.4, -0.2) is 14.5 Å². The van der Waals surface area contributed by atoms with E-state index in [9.17, 15) is 0 Å². The lowest BCUT2D eigenvalue weighted by Crippen LogP contribution is -2.04. The summed E-state index contributed by atoms with van der Waals surface area (Å²) < 4.78 is 4.22. The minimum Gasteiger partial charge on any atom is -0.383 e. The molecule has 0 unspecified atom stereocenters. The van der Waals surface area contributed by atoms with Gasteiger partial charge in [-0.2, -0.15) is 0 Å². The van der Waals surface area contributed by atoms with Gasteiger partial charge in [0.1, 0.15) is 17.8 Å². The Morgan fingerprint density at radius 2 is 2.13 bits per heavy atom. The molecule has 0 saturated heterocycles. The molecule has 0 atom stereocenters. The van der Waals surface area contributed by atoms with Crippen molar-refractivity contribution < 1.29 is 0 Å². The van der Waals surface area contributed by atoms with Crippen molar-refractivity contribution in [2.75, 3.05) is 5.73 Å². The number of anilines is 1. The van der Waals surface area contributed by atoms with Crippen LogP contribution >= 0.6 is 38.5 Å². The van der Waals surface area contributed by atoms with Crippen LogP contribution in [0.3, 0.4) is 0 Å². The number of hydrogen-bond donors (Lipinski definition) is 1. The normalized spacial score (nSPS) is 11.5. The van der Waals surface area contributed by atoms with Crippen LogP contribution in [0.2, 0.25) is 0 Å². The molecule has 0 fully saturated rings. The van der Waals surface area contributed by atoms with Crippen LogP contribution in [0.4, 0.5) is 5.82 Å². The van der Waals surface area contributed by atoms with Gasteiger partial charge in [0.25, 0.3) is 0 Å². The molecule has 2 heterocycles. The highest BCUT2D eigenvalue weighted by Gasteiger charge is 2.18. The van der Waals surface area contributed by atoms with Crippen molar-refractivity contribution in [1.82, 2.24) is 14.5 Å². The highest BCUT2D eigenvalue weighted by atomic mass is 127. The molecule has 0 saturated carbocycles. The predicted octanol–water partition coefficient (Wildman–Crippen LogP) is 2.96. The first kappa shape index (κ1) is 11.1. The number of rotatable bonds is 1. The average molecular weight is 381 g/mol. The largest absolute Gasteiger partial charge is 0.383 e. The van der Waals surface area contributed by atoms with Gasteiger partial charge in [-0.15, -0.1) is 0 Å². The molecule has 2 aromatic heterocycles. The summed E-state index contributed by atoms with van der Waals surface area (Å²) in [6, 6.07) is 0.347. The van der Waals surface area contributed by atoms with Gasteiger partial charge in [-0.3, -0.25) is 0 Å². The first-order valence-electron chi connectivity index (χ1n) is 4.49. The van der Waals surface area contributed by atoms with Gasteiger partial charge in [-0.25, -0.2) is 9.97 Å². The van der Waals surface area contributed by atoms with Crippen molar-refractivity contribution >= 4 is 55.4 Å². The van der Waals surface area contributed by atoms with Crippen molar-refractivity contribution in [2.24, 2.45) is 0 Å². The van der Waals surface area contributed by atoms with Crippen LogP contribution < -0.4 is 5.73 Å². The molecule has 2 aromatic rings.